The van der Waals surface area contributed by atoms with E-state index in [1.54, 1.807) is 28.0 Å². The van der Waals surface area contributed by atoms with Crippen LogP contribution in [-0.2, 0) is 11.3 Å². The lowest BCUT2D eigenvalue weighted by molar-refractivity contribution is -0.132. The smallest absolute Gasteiger partial charge is 0.222 e. The summed E-state index contributed by atoms with van der Waals surface area (Å²) < 4.78 is 16.4. The minimum absolute atomic E-state index is 0.0446. The average Bonchev–Trinajstić information content (AvgIpc) is 3.32. The molecule has 0 bridgehead atoms. The molecule has 1 aliphatic heterocycles. The van der Waals surface area contributed by atoms with E-state index in [-0.39, 0.29) is 17.6 Å². The number of ketones is 1. The second kappa shape index (κ2) is 9.64. The number of hydrogen-bond acceptors (Lipinski definition) is 4. The highest BCUT2D eigenvalue weighted by atomic mass is 19.1. The van der Waals surface area contributed by atoms with Crippen LogP contribution in [-0.4, -0.2) is 44.4 Å². The van der Waals surface area contributed by atoms with Crippen LogP contribution in [0.1, 0.15) is 36.0 Å². The van der Waals surface area contributed by atoms with Gasteiger partial charge in [0.05, 0.1) is 0 Å². The zero-order valence-electron chi connectivity index (χ0n) is 17.3. The largest absolute Gasteiger partial charge is 0.342 e. The number of hydrogen-bond donors (Lipinski definition) is 0. The Morgan fingerprint density at radius 2 is 1.97 bits per heavy atom. The molecular weight excluding hydrogens is 395 g/mol. The van der Waals surface area contributed by atoms with Crippen molar-refractivity contribution in [2.75, 3.05) is 13.1 Å². The van der Waals surface area contributed by atoms with E-state index in [9.17, 15) is 14.0 Å². The van der Waals surface area contributed by atoms with Gasteiger partial charge >= 0.3 is 0 Å². The van der Waals surface area contributed by atoms with Gasteiger partial charge in [-0.3, -0.25) is 14.3 Å². The van der Waals surface area contributed by atoms with Crippen LogP contribution in [0.3, 0.4) is 0 Å². The van der Waals surface area contributed by atoms with E-state index in [0.717, 1.165) is 12.0 Å². The van der Waals surface area contributed by atoms with Gasteiger partial charge in [-0.15, -0.1) is 0 Å². The fraction of sp³-hybridized carbons (Fsp3) is 0.333. The summed E-state index contributed by atoms with van der Waals surface area (Å²) in [5, 5.41) is 4.03. The number of benzene rings is 2. The predicted molar refractivity (Wildman–Crippen MR) is 115 cm³/mol. The van der Waals surface area contributed by atoms with Gasteiger partial charge in [0.2, 0.25) is 5.91 Å². The Labute approximate surface area is 180 Å². The minimum atomic E-state index is -0.408. The summed E-state index contributed by atoms with van der Waals surface area (Å²) in [4.78, 5) is 31.3. The van der Waals surface area contributed by atoms with E-state index in [1.165, 1.54) is 12.4 Å². The SMILES string of the molecule is O=C(c1ccc(-c2ccccc2)c(F)c1)[C@@H]1CCCN(C(=O)CCCn2cncn2)C1. The number of aromatic nitrogens is 3. The van der Waals surface area contributed by atoms with Crippen LogP contribution >= 0.6 is 0 Å². The molecule has 160 valence electrons. The molecule has 1 saturated heterocycles. The van der Waals surface area contributed by atoms with Crippen LogP contribution in [0.15, 0.2) is 61.2 Å². The van der Waals surface area contributed by atoms with Crippen molar-refractivity contribution < 1.29 is 14.0 Å². The molecule has 1 aliphatic rings. The number of Topliss-reactive ketones (excluding diaryl/α,β-unsaturated/α-hetero) is 1. The summed E-state index contributed by atoms with van der Waals surface area (Å²) in [7, 11) is 0. The van der Waals surface area contributed by atoms with Crippen molar-refractivity contribution in [3.05, 3.63) is 72.6 Å². The van der Waals surface area contributed by atoms with Crippen LogP contribution < -0.4 is 0 Å². The maximum Gasteiger partial charge on any atom is 0.222 e. The van der Waals surface area contributed by atoms with Crippen LogP contribution in [0.2, 0.25) is 0 Å². The molecule has 1 amide bonds. The zero-order valence-corrected chi connectivity index (χ0v) is 17.3. The number of rotatable bonds is 7. The van der Waals surface area contributed by atoms with E-state index in [4.69, 9.17) is 0 Å². The molecule has 1 aromatic heterocycles. The summed E-state index contributed by atoms with van der Waals surface area (Å²) in [6.45, 7) is 1.69. The van der Waals surface area contributed by atoms with Gasteiger partial charge in [-0.1, -0.05) is 42.5 Å². The maximum atomic E-state index is 14.7. The number of amides is 1. The number of carbonyl (C=O) groups is 2. The quantitative estimate of drug-likeness (QED) is 0.542. The molecule has 31 heavy (non-hydrogen) atoms. The number of piperidine rings is 1. The molecule has 0 aliphatic carbocycles. The molecule has 0 unspecified atom stereocenters. The lowest BCUT2D eigenvalue weighted by Crippen LogP contribution is -2.42. The molecule has 0 saturated carbocycles. The number of nitrogens with zero attached hydrogens (tertiary/aromatic N) is 4. The first-order chi connectivity index (χ1) is 15.1. The Hall–Kier alpha value is -3.35. The fourth-order valence-electron chi connectivity index (χ4n) is 4.07. The summed E-state index contributed by atoms with van der Waals surface area (Å²) in [5.41, 5.74) is 1.62. The van der Waals surface area contributed by atoms with Gasteiger partial charge in [-0.25, -0.2) is 9.37 Å². The fourth-order valence-corrected chi connectivity index (χ4v) is 4.07. The highest BCUT2D eigenvalue weighted by Crippen LogP contribution is 2.26. The number of likely N-dealkylation sites (tertiary alicyclic amines) is 1. The lowest BCUT2D eigenvalue weighted by Gasteiger charge is -2.32. The van der Waals surface area contributed by atoms with Crippen molar-refractivity contribution in [3.63, 3.8) is 0 Å². The second-order valence-corrected chi connectivity index (χ2v) is 7.87. The number of halogens is 1. The third-order valence-corrected chi connectivity index (χ3v) is 5.73. The third kappa shape index (κ3) is 5.05. The first-order valence-corrected chi connectivity index (χ1v) is 10.6. The molecule has 0 spiro atoms. The second-order valence-electron chi connectivity index (χ2n) is 7.87. The van der Waals surface area contributed by atoms with Gasteiger partial charge in [-0.2, -0.15) is 5.10 Å². The molecule has 7 heteroatoms. The van der Waals surface area contributed by atoms with E-state index in [2.05, 4.69) is 10.1 Å². The van der Waals surface area contributed by atoms with Crippen LogP contribution in [0.4, 0.5) is 4.39 Å². The first kappa shape index (κ1) is 20.9. The Bertz CT molecular complexity index is 1040. The molecule has 4 rings (SSSR count). The molecule has 3 aromatic rings. The molecule has 0 radical (unpaired) electrons. The van der Waals surface area contributed by atoms with Crippen LogP contribution in [0, 0.1) is 11.7 Å². The van der Waals surface area contributed by atoms with Crippen LogP contribution in [0.5, 0.6) is 0 Å². The normalized spacial score (nSPS) is 16.3. The maximum absolute atomic E-state index is 14.7. The standard InChI is InChI=1S/C24H25FN4O2/c25-22-14-19(10-11-21(22)18-6-2-1-3-7-18)24(31)20-8-4-12-28(15-20)23(30)9-5-13-29-17-26-16-27-29/h1-3,6-7,10-11,14,16-17,20H,4-5,8-9,12-13,15H2/t20-/m1/s1. The Balaban J connectivity index is 1.37. The van der Waals surface area contributed by atoms with Gasteiger partial charge in [0.1, 0.15) is 18.5 Å². The topological polar surface area (TPSA) is 68.1 Å². The van der Waals surface area contributed by atoms with E-state index >= 15 is 0 Å². The van der Waals surface area contributed by atoms with E-state index in [0.29, 0.717) is 50.0 Å². The van der Waals surface area contributed by atoms with Gasteiger partial charge < -0.3 is 4.90 Å². The van der Waals surface area contributed by atoms with Crippen molar-refractivity contribution in [2.45, 2.75) is 32.2 Å². The zero-order chi connectivity index (χ0) is 21.6. The number of aryl methyl sites for hydroxylation is 1. The third-order valence-electron chi connectivity index (χ3n) is 5.73. The molecule has 2 heterocycles. The average molecular weight is 420 g/mol. The van der Waals surface area contributed by atoms with E-state index < -0.39 is 5.82 Å². The minimum Gasteiger partial charge on any atom is -0.342 e. The van der Waals surface area contributed by atoms with Crippen molar-refractivity contribution >= 4 is 11.7 Å². The summed E-state index contributed by atoms with van der Waals surface area (Å²) in [5.74, 6) is -0.759. The highest BCUT2D eigenvalue weighted by molar-refractivity contribution is 5.98. The first-order valence-electron chi connectivity index (χ1n) is 10.6. The highest BCUT2D eigenvalue weighted by Gasteiger charge is 2.29. The number of carbonyl (C=O) groups excluding carboxylic acids is 2. The Morgan fingerprint density at radius 3 is 2.71 bits per heavy atom. The van der Waals surface area contributed by atoms with Crippen molar-refractivity contribution in [1.29, 1.82) is 0 Å². The van der Waals surface area contributed by atoms with Gasteiger partial charge in [0, 0.05) is 43.1 Å². The summed E-state index contributed by atoms with van der Waals surface area (Å²) >= 11 is 0. The van der Waals surface area contributed by atoms with Crippen molar-refractivity contribution in [3.8, 4) is 11.1 Å². The Kier molecular flexibility index (Phi) is 6.50. The molecule has 0 N–H and O–H groups in total. The molecule has 1 atom stereocenters. The molecule has 2 aromatic carbocycles. The van der Waals surface area contributed by atoms with Crippen LogP contribution in [0.25, 0.3) is 11.1 Å². The lowest BCUT2D eigenvalue weighted by atomic mass is 9.89. The molecule has 6 nitrogen and oxygen atoms in total. The molecular formula is C24H25FN4O2. The molecule has 1 fully saturated rings. The Morgan fingerprint density at radius 1 is 1.13 bits per heavy atom. The summed E-state index contributed by atoms with van der Waals surface area (Å²) in [6, 6.07) is 13.9. The van der Waals surface area contributed by atoms with Gasteiger partial charge in [0.25, 0.3) is 0 Å². The van der Waals surface area contributed by atoms with Gasteiger partial charge in [-0.05, 0) is 30.9 Å². The van der Waals surface area contributed by atoms with Gasteiger partial charge in [0.15, 0.2) is 5.78 Å². The van der Waals surface area contributed by atoms with Crippen molar-refractivity contribution in [2.24, 2.45) is 5.92 Å². The van der Waals surface area contributed by atoms with Crippen molar-refractivity contribution in [1.82, 2.24) is 19.7 Å². The summed E-state index contributed by atoms with van der Waals surface area (Å²) in [6.07, 6.45) is 5.66. The van der Waals surface area contributed by atoms with E-state index in [1.807, 2.05) is 30.3 Å². The predicted octanol–water partition coefficient (Wildman–Crippen LogP) is 3.99. The monoisotopic (exact) mass is 420 g/mol.